The van der Waals surface area contributed by atoms with E-state index >= 15 is 0 Å². The Morgan fingerprint density at radius 3 is 2.35 bits per heavy atom. The minimum Gasteiger partial charge on any atom is -0.480 e. The number of carbonyl (C=O) groups excluding carboxylic acids is 2. The van der Waals surface area contributed by atoms with Gasteiger partial charge in [0.1, 0.15) is 12.1 Å². The van der Waals surface area contributed by atoms with Gasteiger partial charge >= 0.3 is 12.0 Å². The normalized spacial score (nSPS) is 16.5. The van der Waals surface area contributed by atoms with Crippen LogP contribution in [0.3, 0.4) is 0 Å². The zero-order valence-corrected chi connectivity index (χ0v) is 20.3. The van der Waals surface area contributed by atoms with Crippen molar-refractivity contribution in [1.29, 1.82) is 0 Å². The Labute approximate surface area is 212 Å². The molecule has 2 unspecified atom stereocenters. The average Bonchev–Trinajstić information content (AvgIpc) is 3.37. The van der Waals surface area contributed by atoms with Crippen molar-refractivity contribution in [2.75, 3.05) is 18.8 Å². The Bertz CT molecular complexity index is 1270. The van der Waals surface area contributed by atoms with Crippen molar-refractivity contribution >= 4 is 39.3 Å². The van der Waals surface area contributed by atoms with Crippen LogP contribution in [0.5, 0.6) is 0 Å². The zero-order valence-electron chi connectivity index (χ0n) is 19.5. The molecule has 2 atom stereocenters. The number of nitrogens with two attached hydrogens (primary N) is 1. The van der Waals surface area contributed by atoms with Crippen LogP contribution in [0.25, 0.3) is 0 Å². The molecule has 1 heterocycles. The number of sulfonamides is 1. The van der Waals surface area contributed by atoms with Gasteiger partial charge in [-0.05, 0) is 42.7 Å². The number of amides is 3. The molecule has 0 bridgehead atoms. The lowest BCUT2D eigenvalue weighted by molar-refractivity contribution is -0.384. The first-order valence-electron chi connectivity index (χ1n) is 11.1. The molecular formula is C22H26N6O8S. The van der Waals surface area contributed by atoms with E-state index in [2.05, 4.69) is 16.0 Å². The second kappa shape index (κ2) is 11.7. The SMILES string of the molecule is Nc1ccc(CNC(=O)NCC(NC(=O)C2CCCN2S(=O)(=O)c2ccc([N+](=O)[O-])cc2)C(=O)O)cc1. The summed E-state index contributed by atoms with van der Waals surface area (Å²) in [7, 11) is -4.18. The zero-order chi connectivity index (χ0) is 27.2. The fraction of sp³-hybridized carbons (Fsp3) is 0.318. The number of non-ortho nitro benzene ring substituents is 1. The number of aliphatic carboxylic acids is 1. The number of anilines is 1. The summed E-state index contributed by atoms with van der Waals surface area (Å²) in [5.41, 5.74) is 6.65. The summed E-state index contributed by atoms with van der Waals surface area (Å²) in [6, 6.07) is 7.65. The molecule has 37 heavy (non-hydrogen) atoms. The number of carboxylic acids is 1. The number of hydrogen-bond donors (Lipinski definition) is 5. The number of urea groups is 1. The largest absolute Gasteiger partial charge is 0.480 e. The summed E-state index contributed by atoms with van der Waals surface area (Å²) in [6.07, 6.45) is 0.508. The molecule has 1 aliphatic heterocycles. The summed E-state index contributed by atoms with van der Waals surface area (Å²) in [5, 5.41) is 27.5. The highest BCUT2D eigenvalue weighted by Crippen LogP contribution is 2.27. The van der Waals surface area contributed by atoms with E-state index in [-0.39, 0.29) is 30.1 Å². The van der Waals surface area contributed by atoms with Crippen LogP contribution in [-0.2, 0) is 26.2 Å². The Balaban J connectivity index is 1.60. The van der Waals surface area contributed by atoms with Gasteiger partial charge in [0.05, 0.1) is 16.4 Å². The van der Waals surface area contributed by atoms with E-state index in [0.29, 0.717) is 12.1 Å². The van der Waals surface area contributed by atoms with E-state index < -0.39 is 51.5 Å². The number of carboxylic acid groups (broad SMARTS) is 1. The monoisotopic (exact) mass is 534 g/mol. The molecule has 6 N–H and O–H groups in total. The Morgan fingerprint density at radius 2 is 1.76 bits per heavy atom. The fourth-order valence-electron chi connectivity index (χ4n) is 3.71. The molecule has 0 saturated carbocycles. The standard InChI is InChI=1S/C22H26N6O8S/c23-15-5-3-14(4-6-15)12-24-22(32)25-13-18(21(30)31)26-20(29)19-2-1-11-27(19)37(35,36)17-9-7-16(8-10-17)28(33)34/h3-10,18-19H,1-2,11-13,23H2,(H,26,29)(H,30,31)(H2,24,25,32). The van der Waals surface area contributed by atoms with Gasteiger partial charge in [-0.15, -0.1) is 0 Å². The molecule has 15 heteroatoms. The number of nitrogen functional groups attached to an aromatic ring is 1. The van der Waals surface area contributed by atoms with Crippen molar-refractivity contribution < 1.29 is 32.8 Å². The number of benzene rings is 2. The number of nitrogens with one attached hydrogen (secondary N) is 3. The van der Waals surface area contributed by atoms with Gasteiger partial charge in [0.15, 0.2) is 0 Å². The molecule has 2 aromatic rings. The van der Waals surface area contributed by atoms with Crippen molar-refractivity contribution in [2.45, 2.75) is 36.4 Å². The van der Waals surface area contributed by atoms with Gasteiger partial charge in [0.2, 0.25) is 15.9 Å². The van der Waals surface area contributed by atoms with Gasteiger partial charge in [-0.25, -0.2) is 18.0 Å². The lowest BCUT2D eigenvalue weighted by atomic mass is 10.2. The minimum atomic E-state index is -4.18. The molecule has 3 amide bonds. The first-order valence-corrected chi connectivity index (χ1v) is 12.6. The highest BCUT2D eigenvalue weighted by Gasteiger charge is 2.40. The van der Waals surface area contributed by atoms with Crippen LogP contribution in [0.2, 0.25) is 0 Å². The molecule has 14 nitrogen and oxygen atoms in total. The maximum absolute atomic E-state index is 13.1. The second-order valence-electron chi connectivity index (χ2n) is 8.23. The molecule has 0 radical (unpaired) electrons. The fourth-order valence-corrected chi connectivity index (χ4v) is 5.36. The number of carbonyl (C=O) groups is 3. The summed E-state index contributed by atoms with van der Waals surface area (Å²) in [5.74, 6) is -2.26. The predicted molar refractivity (Wildman–Crippen MR) is 131 cm³/mol. The molecule has 1 aliphatic rings. The third kappa shape index (κ3) is 6.92. The van der Waals surface area contributed by atoms with Gasteiger partial charge in [-0.1, -0.05) is 12.1 Å². The topological polar surface area (TPSA) is 214 Å². The maximum Gasteiger partial charge on any atom is 0.328 e. The summed E-state index contributed by atoms with van der Waals surface area (Å²) in [4.78, 5) is 46.6. The van der Waals surface area contributed by atoms with Gasteiger partial charge in [-0.3, -0.25) is 14.9 Å². The Kier molecular flexibility index (Phi) is 8.62. The predicted octanol–water partition coefficient (Wildman–Crippen LogP) is 0.399. The molecule has 2 aromatic carbocycles. The van der Waals surface area contributed by atoms with Crippen LogP contribution in [0.15, 0.2) is 53.4 Å². The van der Waals surface area contributed by atoms with Gasteiger partial charge < -0.3 is 26.8 Å². The highest BCUT2D eigenvalue weighted by atomic mass is 32.2. The first-order chi connectivity index (χ1) is 17.5. The average molecular weight is 535 g/mol. The third-order valence-corrected chi connectivity index (χ3v) is 7.60. The molecule has 0 spiro atoms. The summed E-state index contributed by atoms with van der Waals surface area (Å²) >= 11 is 0. The lowest BCUT2D eigenvalue weighted by Crippen LogP contribution is -2.54. The quantitative estimate of drug-likeness (QED) is 0.162. The molecule has 0 aliphatic carbocycles. The third-order valence-electron chi connectivity index (χ3n) is 5.67. The Hall–Kier alpha value is -4.24. The van der Waals surface area contributed by atoms with E-state index in [9.17, 15) is 38.0 Å². The van der Waals surface area contributed by atoms with Gasteiger partial charge in [0.25, 0.3) is 5.69 Å². The number of hydrogen-bond acceptors (Lipinski definition) is 8. The van der Waals surface area contributed by atoms with Gasteiger partial charge in [-0.2, -0.15) is 4.31 Å². The van der Waals surface area contributed by atoms with Crippen LogP contribution in [0, 0.1) is 10.1 Å². The molecule has 1 saturated heterocycles. The number of rotatable bonds is 10. The highest BCUT2D eigenvalue weighted by molar-refractivity contribution is 7.89. The first kappa shape index (κ1) is 27.3. The number of nitrogens with zero attached hydrogens (tertiary/aromatic N) is 2. The summed E-state index contributed by atoms with van der Waals surface area (Å²) < 4.78 is 27.1. The van der Waals surface area contributed by atoms with Crippen LogP contribution in [-0.4, -0.2) is 65.8 Å². The molecule has 3 rings (SSSR count). The van der Waals surface area contributed by atoms with Crippen LogP contribution < -0.4 is 21.7 Å². The van der Waals surface area contributed by atoms with E-state index in [1.165, 1.54) is 0 Å². The van der Waals surface area contributed by atoms with Crippen molar-refractivity contribution in [3.8, 4) is 0 Å². The minimum absolute atomic E-state index is 0.0148. The smallest absolute Gasteiger partial charge is 0.328 e. The lowest BCUT2D eigenvalue weighted by Gasteiger charge is -2.25. The van der Waals surface area contributed by atoms with E-state index in [1.807, 2.05) is 0 Å². The molecule has 198 valence electrons. The van der Waals surface area contributed by atoms with Crippen molar-refractivity contribution in [1.82, 2.24) is 20.3 Å². The second-order valence-corrected chi connectivity index (χ2v) is 10.1. The van der Waals surface area contributed by atoms with E-state index in [4.69, 9.17) is 5.73 Å². The van der Waals surface area contributed by atoms with Gasteiger partial charge in [0, 0.05) is 30.9 Å². The van der Waals surface area contributed by atoms with Crippen molar-refractivity contribution in [3.05, 3.63) is 64.2 Å². The van der Waals surface area contributed by atoms with E-state index in [1.54, 1.807) is 24.3 Å². The van der Waals surface area contributed by atoms with Crippen molar-refractivity contribution in [3.63, 3.8) is 0 Å². The van der Waals surface area contributed by atoms with Crippen LogP contribution in [0.1, 0.15) is 18.4 Å². The number of nitro benzene ring substituents is 1. The molecule has 1 fully saturated rings. The van der Waals surface area contributed by atoms with Crippen molar-refractivity contribution in [2.24, 2.45) is 0 Å². The summed E-state index contributed by atoms with van der Waals surface area (Å²) in [6.45, 7) is -0.273. The molecular weight excluding hydrogens is 508 g/mol. The van der Waals surface area contributed by atoms with Crippen LogP contribution in [0.4, 0.5) is 16.2 Å². The van der Waals surface area contributed by atoms with Crippen LogP contribution >= 0.6 is 0 Å². The maximum atomic E-state index is 13.1. The van der Waals surface area contributed by atoms with E-state index in [0.717, 1.165) is 34.1 Å². The Morgan fingerprint density at radius 1 is 1.11 bits per heavy atom. The molecule has 0 aromatic heterocycles. The number of nitro groups is 1.